The summed E-state index contributed by atoms with van der Waals surface area (Å²) in [5, 5.41) is 10.3. The van der Waals surface area contributed by atoms with Gasteiger partial charge in [-0.2, -0.15) is 62.9 Å². The van der Waals surface area contributed by atoms with Crippen LogP contribution in [0.1, 0.15) is 79.1 Å². The summed E-state index contributed by atoms with van der Waals surface area (Å²) in [6, 6.07) is 10.5. The SMILES string of the molecule is CCc1cc(C(F)(C(F)(F)F)C(F)(F)F)cc(C)c1CC(=O)c1ccc(-n2cncn2)c(N)c1.CCc1cc(C(F)(C(F)(F)F)C(F)(F)F)cc(C)c1CC(=O)c1ccc(-n2cncn2)c(NC(=O)OC)c1. The van der Waals surface area contributed by atoms with Crippen LogP contribution in [0.3, 0.4) is 0 Å². The summed E-state index contributed by atoms with van der Waals surface area (Å²) in [4.78, 5) is 45.4. The lowest BCUT2D eigenvalue weighted by atomic mass is 9.86. The topological polar surface area (TPSA) is 160 Å². The average Bonchev–Trinajstić information content (AvgIpc) is 4.04. The quantitative estimate of drug-likeness (QED) is 0.0652. The standard InChI is InChI=1S/C24H21F7N4O3.C22H19F7N4O/c1-4-14-8-16(22(25,23(26,27)28)24(29,30)31)7-13(2)17(14)10-20(36)15-5-6-19(35-12-32-11-33-35)18(9-15)34-21(37)38-3;1-3-13-7-15(20(23,21(24,25)26)22(27,28)29)6-12(2)16(13)9-19(34)14-4-5-18(17(30)8-14)33-11-31-10-32-33/h5-9,11-12H,4,10H2,1-3H3,(H,34,37);4-8,10-11H,3,9,30H2,1-2H3. The highest BCUT2D eigenvalue weighted by molar-refractivity contribution is 6.00. The molecule has 0 aliphatic carbocycles. The summed E-state index contributed by atoms with van der Waals surface area (Å²) in [6.45, 7) is 5.38. The highest BCUT2D eigenvalue weighted by atomic mass is 19.4. The van der Waals surface area contributed by atoms with E-state index in [1.165, 1.54) is 98.8 Å². The van der Waals surface area contributed by atoms with E-state index < -0.39 is 71.3 Å². The molecule has 4 aromatic carbocycles. The van der Waals surface area contributed by atoms with E-state index in [2.05, 4.69) is 30.2 Å². The Kier molecular flexibility index (Phi) is 16.0. The molecule has 0 aliphatic heterocycles. The van der Waals surface area contributed by atoms with Crippen molar-refractivity contribution in [1.82, 2.24) is 29.5 Å². The zero-order valence-corrected chi connectivity index (χ0v) is 38.1. The summed E-state index contributed by atoms with van der Waals surface area (Å²) in [6.07, 6.45) is -21.3. The number of aryl methyl sites for hydroxylation is 4. The Morgan fingerprint density at radius 2 is 0.972 bits per heavy atom. The number of amides is 1. The van der Waals surface area contributed by atoms with Gasteiger partial charge in [-0.05, 0) is 96.5 Å². The molecule has 0 unspecified atom stereocenters. The van der Waals surface area contributed by atoms with Crippen LogP contribution in [0.5, 0.6) is 0 Å². The summed E-state index contributed by atoms with van der Waals surface area (Å²) < 4.78 is 195. The maximum Gasteiger partial charge on any atom is 0.435 e. The number of hydrogen-bond donors (Lipinski definition) is 2. The number of nitrogens with two attached hydrogens (primary N) is 1. The molecule has 1 amide bonds. The number of halogens is 14. The van der Waals surface area contributed by atoms with Gasteiger partial charge in [0, 0.05) is 35.1 Å². The number of anilines is 2. The molecule has 0 fully saturated rings. The number of hydrogen-bond acceptors (Lipinski definition) is 9. The van der Waals surface area contributed by atoms with Gasteiger partial charge < -0.3 is 10.5 Å². The molecule has 386 valence electrons. The second kappa shape index (κ2) is 20.7. The van der Waals surface area contributed by atoms with E-state index in [-0.39, 0.29) is 75.1 Å². The molecule has 26 heteroatoms. The summed E-state index contributed by atoms with van der Waals surface area (Å²) in [7, 11) is 1.13. The number of alkyl halides is 14. The van der Waals surface area contributed by atoms with Crippen LogP contribution in [-0.4, -0.2) is 79.0 Å². The van der Waals surface area contributed by atoms with Crippen molar-refractivity contribution in [3.63, 3.8) is 0 Å². The van der Waals surface area contributed by atoms with E-state index >= 15 is 0 Å². The van der Waals surface area contributed by atoms with E-state index in [1.54, 1.807) is 0 Å². The zero-order valence-electron chi connectivity index (χ0n) is 38.1. The van der Waals surface area contributed by atoms with Gasteiger partial charge in [0.25, 0.3) is 0 Å². The minimum atomic E-state index is -6.26. The van der Waals surface area contributed by atoms with Crippen LogP contribution in [0.25, 0.3) is 11.4 Å². The van der Waals surface area contributed by atoms with Crippen LogP contribution < -0.4 is 11.1 Å². The number of nitrogens with one attached hydrogen (secondary N) is 1. The van der Waals surface area contributed by atoms with Gasteiger partial charge >= 0.3 is 42.1 Å². The molecule has 0 saturated carbocycles. The van der Waals surface area contributed by atoms with Crippen LogP contribution in [0.4, 0.5) is 77.6 Å². The van der Waals surface area contributed by atoms with E-state index in [4.69, 9.17) is 5.73 Å². The number of nitrogens with zero attached hydrogens (tertiary/aromatic N) is 6. The van der Waals surface area contributed by atoms with Crippen LogP contribution >= 0.6 is 0 Å². The van der Waals surface area contributed by atoms with Crippen molar-refractivity contribution in [3.8, 4) is 11.4 Å². The van der Waals surface area contributed by atoms with Crippen molar-refractivity contribution in [2.75, 3.05) is 18.2 Å². The molecule has 0 bridgehead atoms. The minimum absolute atomic E-state index is 0.00563. The number of nitrogen functional groups attached to an aromatic ring is 1. The van der Waals surface area contributed by atoms with Gasteiger partial charge in [0.15, 0.2) is 11.6 Å². The number of carbonyl (C=O) groups excluding carboxylic acids is 3. The fourth-order valence-corrected chi connectivity index (χ4v) is 7.59. The van der Waals surface area contributed by atoms with Gasteiger partial charge in [-0.25, -0.2) is 32.9 Å². The largest absolute Gasteiger partial charge is 0.453 e. The van der Waals surface area contributed by atoms with Gasteiger partial charge in [0.2, 0.25) is 0 Å². The predicted octanol–water partition coefficient (Wildman–Crippen LogP) is 11.5. The second-order valence-corrected chi connectivity index (χ2v) is 15.9. The normalized spacial score (nSPS) is 12.5. The molecule has 0 atom stereocenters. The number of Topliss-reactive ketones (excluding diaryl/α,β-unsaturated/α-hetero) is 2. The minimum Gasteiger partial charge on any atom is -0.453 e. The van der Waals surface area contributed by atoms with Crippen LogP contribution in [0.15, 0.2) is 86.0 Å². The van der Waals surface area contributed by atoms with Crippen LogP contribution in [0.2, 0.25) is 0 Å². The first kappa shape index (κ1) is 55.5. The van der Waals surface area contributed by atoms with Crippen molar-refractivity contribution < 1.29 is 80.6 Å². The molecule has 0 spiro atoms. The first-order valence-corrected chi connectivity index (χ1v) is 20.9. The Labute approximate surface area is 399 Å². The number of rotatable bonds is 13. The van der Waals surface area contributed by atoms with Crippen molar-refractivity contribution in [1.29, 1.82) is 0 Å². The number of aromatic nitrogens is 6. The molecular weight excluding hydrogens is 995 g/mol. The van der Waals surface area contributed by atoms with E-state index in [1.807, 2.05) is 0 Å². The lowest BCUT2D eigenvalue weighted by Gasteiger charge is -2.31. The fourth-order valence-electron chi connectivity index (χ4n) is 7.59. The smallest absolute Gasteiger partial charge is 0.435 e. The van der Waals surface area contributed by atoms with Gasteiger partial charge in [-0.1, -0.05) is 38.1 Å². The first-order chi connectivity index (χ1) is 33.3. The maximum atomic E-state index is 14.7. The third-order valence-electron chi connectivity index (χ3n) is 11.3. The molecule has 0 radical (unpaired) electrons. The molecular formula is C46H40F14N8O4. The van der Waals surface area contributed by atoms with E-state index in [0.29, 0.717) is 35.6 Å². The van der Waals surface area contributed by atoms with Gasteiger partial charge in [-0.15, -0.1) is 0 Å². The fraction of sp³-hybridized carbons (Fsp3) is 0.326. The number of ether oxygens (including phenoxy) is 1. The molecule has 0 saturated heterocycles. The van der Waals surface area contributed by atoms with Crippen molar-refractivity contribution in [2.45, 2.75) is 89.4 Å². The first-order valence-electron chi connectivity index (χ1n) is 20.9. The Balaban J connectivity index is 0.000000269. The molecule has 2 heterocycles. The van der Waals surface area contributed by atoms with Gasteiger partial charge in [0.1, 0.15) is 25.3 Å². The number of methoxy groups -OCH3 is 1. The summed E-state index contributed by atoms with van der Waals surface area (Å²) >= 11 is 0. The highest BCUT2D eigenvalue weighted by Crippen LogP contribution is 2.55. The molecule has 6 rings (SSSR count). The zero-order chi connectivity index (χ0) is 53.9. The van der Waals surface area contributed by atoms with Crippen molar-refractivity contribution in [3.05, 3.63) is 142 Å². The number of benzene rings is 4. The maximum absolute atomic E-state index is 14.7. The molecule has 6 aromatic rings. The summed E-state index contributed by atoms with van der Waals surface area (Å²) in [5.41, 5.74) is -6.79. The monoisotopic (exact) mass is 1030 g/mol. The third kappa shape index (κ3) is 11.0. The third-order valence-corrected chi connectivity index (χ3v) is 11.3. The molecule has 3 N–H and O–H groups in total. The molecule has 0 aliphatic rings. The Bertz CT molecular complexity index is 2900. The average molecular weight is 1030 g/mol. The lowest BCUT2D eigenvalue weighted by Crippen LogP contribution is -2.50. The Morgan fingerprint density at radius 1 is 0.583 bits per heavy atom. The molecule has 72 heavy (non-hydrogen) atoms. The number of carbonyl (C=O) groups is 3. The molecule has 12 nitrogen and oxygen atoms in total. The number of ketones is 2. The van der Waals surface area contributed by atoms with Gasteiger partial charge in [-0.3, -0.25) is 14.9 Å². The van der Waals surface area contributed by atoms with Crippen molar-refractivity contribution >= 4 is 29.0 Å². The molecule has 2 aromatic heterocycles. The summed E-state index contributed by atoms with van der Waals surface area (Å²) in [5.74, 6) is -1.03. The van der Waals surface area contributed by atoms with Crippen LogP contribution in [-0.2, 0) is 41.8 Å². The second-order valence-electron chi connectivity index (χ2n) is 15.9. The highest BCUT2D eigenvalue weighted by Gasteiger charge is 2.74. The van der Waals surface area contributed by atoms with Gasteiger partial charge in [0.05, 0.1) is 29.9 Å². The van der Waals surface area contributed by atoms with Crippen LogP contribution in [0, 0.1) is 13.8 Å². The Hall–Kier alpha value is -7.41. The predicted molar refractivity (Wildman–Crippen MR) is 230 cm³/mol. The van der Waals surface area contributed by atoms with E-state index in [0.717, 1.165) is 7.11 Å². The van der Waals surface area contributed by atoms with Crippen molar-refractivity contribution in [2.24, 2.45) is 0 Å². The van der Waals surface area contributed by atoms with E-state index in [9.17, 15) is 75.8 Å². The lowest BCUT2D eigenvalue weighted by molar-refractivity contribution is -0.349. The Morgan fingerprint density at radius 3 is 1.32 bits per heavy atom.